The summed E-state index contributed by atoms with van der Waals surface area (Å²) in [4.78, 5) is 13.5. The molecule has 0 heterocycles. The van der Waals surface area contributed by atoms with Crippen LogP contribution in [0.4, 0.5) is 0 Å². The van der Waals surface area contributed by atoms with E-state index < -0.39 is 6.10 Å². The molecule has 5 nitrogen and oxygen atoms in total. The lowest BCUT2D eigenvalue weighted by molar-refractivity contribution is -0.122. The summed E-state index contributed by atoms with van der Waals surface area (Å²) in [6, 6.07) is 9.54. The van der Waals surface area contributed by atoms with E-state index in [1.807, 2.05) is 49.1 Å². The highest BCUT2D eigenvalue weighted by Gasteiger charge is 2.19. The second-order valence-electron chi connectivity index (χ2n) is 5.20. The second-order valence-corrected chi connectivity index (χ2v) is 5.20. The largest absolute Gasteiger partial charge is 0.390 e. The number of aliphatic hydroxyl groups is 1. The van der Waals surface area contributed by atoms with Gasteiger partial charge in [0.25, 0.3) is 0 Å². The third kappa shape index (κ3) is 6.71. The predicted molar refractivity (Wildman–Crippen MR) is 84.9 cm³/mol. The van der Waals surface area contributed by atoms with Crippen molar-refractivity contribution in [2.75, 3.05) is 26.2 Å². The standard InChI is InChI=1S/C16H27N3O2/c1-3-18-16(21)12-19(4-2)11-15(20)14(17)10-13-8-6-5-7-9-13/h5-9,14-15,20H,3-4,10-12,17H2,1-2H3,(H,18,21). The first-order valence-corrected chi connectivity index (χ1v) is 7.53. The minimum Gasteiger partial charge on any atom is -0.390 e. The molecule has 0 aromatic heterocycles. The van der Waals surface area contributed by atoms with Crippen molar-refractivity contribution in [2.24, 2.45) is 5.73 Å². The summed E-state index contributed by atoms with van der Waals surface area (Å²) in [7, 11) is 0. The Morgan fingerprint density at radius 3 is 2.57 bits per heavy atom. The van der Waals surface area contributed by atoms with Gasteiger partial charge in [-0.3, -0.25) is 9.69 Å². The molecule has 2 atom stereocenters. The highest BCUT2D eigenvalue weighted by Crippen LogP contribution is 2.06. The fourth-order valence-corrected chi connectivity index (χ4v) is 2.18. The van der Waals surface area contributed by atoms with Crippen LogP contribution in [0.25, 0.3) is 0 Å². The maximum atomic E-state index is 11.6. The van der Waals surface area contributed by atoms with E-state index in [2.05, 4.69) is 5.32 Å². The number of hydrogen-bond donors (Lipinski definition) is 3. The lowest BCUT2D eigenvalue weighted by Gasteiger charge is -2.26. The van der Waals surface area contributed by atoms with Gasteiger partial charge in [0.1, 0.15) is 0 Å². The van der Waals surface area contributed by atoms with Crippen molar-refractivity contribution in [1.82, 2.24) is 10.2 Å². The molecule has 0 aliphatic rings. The van der Waals surface area contributed by atoms with Gasteiger partial charge in [0.05, 0.1) is 12.6 Å². The number of aliphatic hydroxyl groups excluding tert-OH is 1. The Labute approximate surface area is 127 Å². The zero-order valence-electron chi connectivity index (χ0n) is 13.0. The molecule has 2 unspecified atom stereocenters. The van der Waals surface area contributed by atoms with Crippen LogP contribution in [0.5, 0.6) is 0 Å². The molecule has 1 amide bonds. The van der Waals surface area contributed by atoms with Gasteiger partial charge < -0.3 is 16.2 Å². The van der Waals surface area contributed by atoms with Gasteiger partial charge in [-0.2, -0.15) is 0 Å². The number of benzene rings is 1. The van der Waals surface area contributed by atoms with E-state index in [-0.39, 0.29) is 11.9 Å². The molecule has 0 saturated carbocycles. The summed E-state index contributed by atoms with van der Waals surface area (Å²) < 4.78 is 0. The van der Waals surface area contributed by atoms with Gasteiger partial charge in [-0.1, -0.05) is 37.3 Å². The van der Waals surface area contributed by atoms with E-state index in [0.717, 1.165) is 5.56 Å². The molecular weight excluding hydrogens is 266 g/mol. The molecule has 1 aromatic carbocycles. The van der Waals surface area contributed by atoms with E-state index in [4.69, 9.17) is 5.73 Å². The quantitative estimate of drug-likeness (QED) is 0.615. The van der Waals surface area contributed by atoms with Crippen LogP contribution in [0.2, 0.25) is 0 Å². The first-order valence-electron chi connectivity index (χ1n) is 7.53. The van der Waals surface area contributed by atoms with E-state index in [9.17, 15) is 9.90 Å². The highest BCUT2D eigenvalue weighted by molar-refractivity contribution is 5.77. The molecule has 0 saturated heterocycles. The molecule has 1 aromatic rings. The summed E-state index contributed by atoms with van der Waals surface area (Å²) in [5, 5.41) is 13.0. The first kappa shape index (κ1) is 17.6. The van der Waals surface area contributed by atoms with Gasteiger partial charge in [-0.15, -0.1) is 0 Å². The summed E-state index contributed by atoms with van der Waals surface area (Å²) in [6.07, 6.45) is -0.0275. The number of nitrogens with two attached hydrogens (primary N) is 1. The van der Waals surface area contributed by atoms with Crippen molar-refractivity contribution in [1.29, 1.82) is 0 Å². The summed E-state index contributed by atoms with van der Waals surface area (Å²) in [6.45, 7) is 5.87. The second kappa shape index (κ2) is 9.50. The SMILES string of the molecule is CCNC(=O)CN(CC)CC(O)C(N)Cc1ccccc1. The average Bonchev–Trinajstić information content (AvgIpc) is 2.47. The monoisotopic (exact) mass is 293 g/mol. The number of rotatable bonds is 9. The fraction of sp³-hybridized carbons (Fsp3) is 0.562. The number of likely N-dealkylation sites (N-methyl/N-ethyl adjacent to an activating group) is 2. The lowest BCUT2D eigenvalue weighted by Crippen LogP contribution is -2.47. The van der Waals surface area contributed by atoms with Gasteiger partial charge in [0.2, 0.25) is 5.91 Å². The highest BCUT2D eigenvalue weighted by atomic mass is 16.3. The predicted octanol–water partition coefficient (Wildman–Crippen LogP) is 0.375. The Hall–Kier alpha value is -1.43. The van der Waals surface area contributed by atoms with E-state index in [0.29, 0.717) is 32.6 Å². The van der Waals surface area contributed by atoms with Crippen LogP contribution in [0, 0.1) is 0 Å². The van der Waals surface area contributed by atoms with Gasteiger partial charge in [-0.25, -0.2) is 0 Å². The Morgan fingerprint density at radius 2 is 2.00 bits per heavy atom. The minimum absolute atomic E-state index is 0.0248. The Kier molecular flexibility index (Phi) is 7.97. The van der Waals surface area contributed by atoms with Crippen molar-refractivity contribution < 1.29 is 9.90 Å². The van der Waals surface area contributed by atoms with Crippen molar-refractivity contribution >= 4 is 5.91 Å². The topological polar surface area (TPSA) is 78.6 Å². The lowest BCUT2D eigenvalue weighted by atomic mass is 10.0. The van der Waals surface area contributed by atoms with Crippen molar-refractivity contribution in [2.45, 2.75) is 32.4 Å². The minimum atomic E-state index is -0.653. The number of nitrogens with one attached hydrogen (secondary N) is 1. The van der Waals surface area contributed by atoms with Gasteiger partial charge >= 0.3 is 0 Å². The Balaban J connectivity index is 2.45. The van der Waals surface area contributed by atoms with Crippen LogP contribution in [0.3, 0.4) is 0 Å². The zero-order valence-corrected chi connectivity index (χ0v) is 13.0. The number of hydrogen-bond acceptors (Lipinski definition) is 4. The van der Waals surface area contributed by atoms with Gasteiger partial charge in [0, 0.05) is 19.1 Å². The molecule has 0 spiro atoms. The Morgan fingerprint density at radius 1 is 1.33 bits per heavy atom. The van der Waals surface area contributed by atoms with E-state index in [1.54, 1.807) is 0 Å². The molecule has 1 rings (SSSR count). The number of carbonyl (C=O) groups is 1. The van der Waals surface area contributed by atoms with Crippen LogP contribution in [0.15, 0.2) is 30.3 Å². The van der Waals surface area contributed by atoms with E-state index >= 15 is 0 Å². The zero-order chi connectivity index (χ0) is 15.7. The molecule has 0 bridgehead atoms. The number of amides is 1. The smallest absolute Gasteiger partial charge is 0.234 e. The summed E-state index contributed by atoms with van der Waals surface area (Å²) in [5.41, 5.74) is 7.17. The molecule has 0 aliphatic carbocycles. The van der Waals surface area contributed by atoms with Crippen LogP contribution in [0.1, 0.15) is 19.4 Å². The summed E-state index contributed by atoms with van der Waals surface area (Å²) in [5.74, 6) is -0.0248. The van der Waals surface area contributed by atoms with Crippen LogP contribution >= 0.6 is 0 Å². The fourth-order valence-electron chi connectivity index (χ4n) is 2.18. The van der Waals surface area contributed by atoms with Gasteiger partial charge in [-0.05, 0) is 25.5 Å². The third-order valence-electron chi connectivity index (χ3n) is 3.44. The molecule has 118 valence electrons. The van der Waals surface area contributed by atoms with Crippen molar-refractivity contribution in [3.05, 3.63) is 35.9 Å². The number of carbonyl (C=O) groups excluding carboxylic acids is 1. The van der Waals surface area contributed by atoms with Crippen molar-refractivity contribution in [3.63, 3.8) is 0 Å². The third-order valence-corrected chi connectivity index (χ3v) is 3.44. The molecule has 21 heavy (non-hydrogen) atoms. The molecular formula is C16H27N3O2. The van der Waals surface area contributed by atoms with Crippen LogP contribution in [-0.4, -0.2) is 54.2 Å². The van der Waals surface area contributed by atoms with Crippen LogP contribution in [-0.2, 0) is 11.2 Å². The van der Waals surface area contributed by atoms with Crippen molar-refractivity contribution in [3.8, 4) is 0 Å². The normalized spacial score (nSPS) is 14.0. The Bertz CT molecular complexity index is 411. The molecule has 0 fully saturated rings. The number of nitrogens with zero attached hydrogens (tertiary/aromatic N) is 1. The summed E-state index contributed by atoms with van der Waals surface area (Å²) >= 11 is 0. The van der Waals surface area contributed by atoms with Crippen LogP contribution < -0.4 is 11.1 Å². The molecule has 4 N–H and O–H groups in total. The molecule has 5 heteroatoms. The molecule has 0 radical (unpaired) electrons. The van der Waals surface area contributed by atoms with E-state index in [1.165, 1.54) is 0 Å². The first-order chi connectivity index (χ1) is 10.1. The average molecular weight is 293 g/mol. The maximum Gasteiger partial charge on any atom is 0.234 e. The molecule has 0 aliphatic heterocycles. The maximum absolute atomic E-state index is 11.6. The van der Waals surface area contributed by atoms with Gasteiger partial charge in [0.15, 0.2) is 0 Å².